The van der Waals surface area contributed by atoms with Gasteiger partial charge in [-0.15, -0.1) is 33.3 Å². The molecule has 0 saturated carbocycles. The van der Waals surface area contributed by atoms with E-state index in [1.54, 1.807) is 23.9 Å². The number of nitrogens with zero attached hydrogens (tertiary/aromatic N) is 4. The van der Waals surface area contributed by atoms with Gasteiger partial charge in [0.1, 0.15) is 5.03 Å². The second kappa shape index (κ2) is 10.7. The fourth-order valence-corrected chi connectivity index (χ4v) is 4.59. The molecule has 0 bridgehead atoms. The van der Waals surface area contributed by atoms with Gasteiger partial charge in [-0.05, 0) is 63.0 Å². The van der Waals surface area contributed by atoms with Crippen molar-refractivity contribution in [1.29, 1.82) is 0 Å². The van der Waals surface area contributed by atoms with Crippen LogP contribution >= 0.6 is 23.1 Å². The van der Waals surface area contributed by atoms with E-state index in [0.29, 0.717) is 23.2 Å². The molecule has 1 aliphatic rings. The second-order valence-corrected chi connectivity index (χ2v) is 9.24. The topological polar surface area (TPSA) is 78.4 Å². The largest absolute Gasteiger partial charge is 0.343 e. The number of carbonyl (C=O) groups excluding carboxylic acids is 2. The number of hydrogen-bond donors (Lipinski definition) is 1. The molecular weight excluding hydrogens is 406 g/mol. The van der Waals surface area contributed by atoms with Gasteiger partial charge in [-0.25, -0.2) is 0 Å². The van der Waals surface area contributed by atoms with Gasteiger partial charge in [0, 0.05) is 25.3 Å². The molecule has 2 aromatic rings. The van der Waals surface area contributed by atoms with Crippen LogP contribution in [0.1, 0.15) is 35.4 Å². The van der Waals surface area contributed by atoms with Crippen molar-refractivity contribution in [3.63, 3.8) is 0 Å². The predicted molar refractivity (Wildman–Crippen MR) is 118 cm³/mol. The average Bonchev–Trinajstić information content (AvgIpc) is 3.27. The Bertz CT molecular complexity index is 790. The summed E-state index contributed by atoms with van der Waals surface area (Å²) in [7, 11) is 4.06. The predicted octanol–water partition coefficient (Wildman–Crippen LogP) is 3.22. The zero-order valence-electron chi connectivity index (χ0n) is 16.8. The summed E-state index contributed by atoms with van der Waals surface area (Å²) in [5.41, 5.74) is 0. The van der Waals surface area contributed by atoms with Gasteiger partial charge in [0.05, 0.1) is 4.88 Å². The maximum Gasteiger partial charge on any atom is 0.266 e. The molecule has 2 aromatic heterocycles. The maximum absolute atomic E-state index is 12.4. The SMILES string of the molecule is CN1CCC(N(C)C(=O)CCCSc2ccc(NC(=O)c3cccs3)nn2)CC1. The van der Waals surface area contributed by atoms with Gasteiger partial charge in [0.2, 0.25) is 5.91 Å². The number of thiophene rings is 1. The van der Waals surface area contributed by atoms with Crippen LogP contribution in [0.2, 0.25) is 0 Å². The highest BCUT2D eigenvalue weighted by atomic mass is 32.2. The van der Waals surface area contributed by atoms with E-state index in [1.807, 2.05) is 29.5 Å². The first-order chi connectivity index (χ1) is 14.0. The number of anilines is 1. The van der Waals surface area contributed by atoms with Crippen LogP contribution in [0.3, 0.4) is 0 Å². The van der Waals surface area contributed by atoms with Crippen LogP contribution < -0.4 is 5.32 Å². The smallest absolute Gasteiger partial charge is 0.266 e. The summed E-state index contributed by atoms with van der Waals surface area (Å²) in [6, 6.07) is 7.56. The van der Waals surface area contributed by atoms with E-state index >= 15 is 0 Å². The molecule has 3 heterocycles. The Hall–Kier alpha value is -1.97. The molecule has 156 valence electrons. The molecule has 1 aliphatic heterocycles. The van der Waals surface area contributed by atoms with Gasteiger partial charge in [0.15, 0.2) is 5.82 Å². The third-order valence-corrected chi connectivity index (χ3v) is 6.92. The maximum atomic E-state index is 12.4. The van der Waals surface area contributed by atoms with Gasteiger partial charge >= 0.3 is 0 Å². The second-order valence-electron chi connectivity index (χ2n) is 7.18. The van der Waals surface area contributed by atoms with Crippen LogP contribution in [0, 0.1) is 0 Å². The number of amides is 2. The summed E-state index contributed by atoms with van der Waals surface area (Å²) in [5.74, 6) is 1.28. The normalized spacial score (nSPS) is 15.2. The number of piperidine rings is 1. The quantitative estimate of drug-likeness (QED) is 0.509. The van der Waals surface area contributed by atoms with Crippen LogP contribution in [-0.4, -0.2) is 70.8 Å². The highest BCUT2D eigenvalue weighted by Crippen LogP contribution is 2.19. The van der Waals surface area contributed by atoms with E-state index in [-0.39, 0.29) is 11.8 Å². The Morgan fingerprint density at radius 3 is 2.72 bits per heavy atom. The molecule has 29 heavy (non-hydrogen) atoms. The number of likely N-dealkylation sites (tertiary alicyclic amines) is 1. The van der Waals surface area contributed by atoms with Crippen molar-refractivity contribution in [1.82, 2.24) is 20.0 Å². The van der Waals surface area contributed by atoms with Gasteiger partial charge in [0.25, 0.3) is 5.91 Å². The molecule has 1 saturated heterocycles. The lowest BCUT2D eigenvalue weighted by atomic mass is 10.0. The van der Waals surface area contributed by atoms with Gasteiger partial charge in [-0.2, -0.15) is 0 Å². The van der Waals surface area contributed by atoms with Crippen molar-refractivity contribution in [2.75, 3.05) is 38.3 Å². The molecule has 7 nitrogen and oxygen atoms in total. The van der Waals surface area contributed by atoms with Crippen molar-refractivity contribution in [3.8, 4) is 0 Å². The zero-order valence-corrected chi connectivity index (χ0v) is 18.5. The van der Waals surface area contributed by atoms with Crippen LogP contribution in [0.4, 0.5) is 5.82 Å². The standard InChI is InChI=1S/C20H27N5O2S2/c1-24-11-9-15(10-12-24)25(2)19(26)6-4-14-29-18-8-7-17(22-23-18)21-20(27)16-5-3-13-28-16/h3,5,7-8,13,15H,4,6,9-12,14H2,1-2H3,(H,21,22,27). The fraction of sp³-hybridized carbons (Fsp3) is 0.500. The van der Waals surface area contributed by atoms with Crippen LogP contribution in [0.15, 0.2) is 34.7 Å². The molecule has 0 aromatic carbocycles. The zero-order chi connectivity index (χ0) is 20.6. The number of nitrogens with one attached hydrogen (secondary N) is 1. The third-order valence-electron chi connectivity index (χ3n) is 5.04. The van der Waals surface area contributed by atoms with Crippen LogP contribution in [-0.2, 0) is 4.79 Å². The monoisotopic (exact) mass is 433 g/mol. The molecule has 1 N–H and O–H groups in total. The van der Waals surface area contributed by atoms with Crippen molar-refractivity contribution in [3.05, 3.63) is 34.5 Å². The van der Waals surface area contributed by atoms with Gasteiger partial charge in [-0.3, -0.25) is 9.59 Å². The molecule has 0 aliphatic carbocycles. The third kappa shape index (κ3) is 6.52. The lowest BCUT2D eigenvalue weighted by Gasteiger charge is -2.35. The van der Waals surface area contributed by atoms with Gasteiger partial charge in [-0.1, -0.05) is 6.07 Å². The van der Waals surface area contributed by atoms with E-state index in [9.17, 15) is 9.59 Å². The van der Waals surface area contributed by atoms with Crippen molar-refractivity contribution in [2.24, 2.45) is 0 Å². The summed E-state index contributed by atoms with van der Waals surface area (Å²) >= 11 is 2.96. The summed E-state index contributed by atoms with van der Waals surface area (Å²) in [5, 5.41) is 13.6. The van der Waals surface area contributed by atoms with Crippen molar-refractivity contribution < 1.29 is 9.59 Å². The Morgan fingerprint density at radius 2 is 2.07 bits per heavy atom. The number of thioether (sulfide) groups is 1. The molecule has 0 unspecified atom stereocenters. The summed E-state index contributed by atoms with van der Waals surface area (Å²) in [6.45, 7) is 2.11. The lowest BCUT2D eigenvalue weighted by molar-refractivity contribution is -0.132. The first-order valence-electron chi connectivity index (χ1n) is 9.78. The van der Waals surface area contributed by atoms with E-state index in [2.05, 4.69) is 27.5 Å². The van der Waals surface area contributed by atoms with Crippen LogP contribution in [0.25, 0.3) is 0 Å². The Labute approximate surface area is 179 Å². The van der Waals surface area contributed by atoms with E-state index in [1.165, 1.54) is 11.3 Å². The minimum absolute atomic E-state index is 0.179. The Morgan fingerprint density at radius 1 is 1.28 bits per heavy atom. The molecule has 3 rings (SSSR count). The Balaban J connectivity index is 1.36. The molecule has 9 heteroatoms. The minimum Gasteiger partial charge on any atom is -0.343 e. The molecular formula is C20H27N5O2S2. The molecule has 1 fully saturated rings. The molecule has 0 spiro atoms. The molecule has 2 amide bonds. The molecule has 0 atom stereocenters. The van der Waals surface area contributed by atoms with E-state index in [4.69, 9.17) is 0 Å². The van der Waals surface area contributed by atoms with Crippen molar-refractivity contribution in [2.45, 2.75) is 36.8 Å². The number of aromatic nitrogens is 2. The van der Waals surface area contributed by atoms with E-state index in [0.717, 1.165) is 43.1 Å². The first kappa shape index (κ1) is 21.7. The van der Waals surface area contributed by atoms with Crippen molar-refractivity contribution >= 4 is 40.7 Å². The van der Waals surface area contributed by atoms with E-state index < -0.39 is 0 Å². The average molecular weight is 434 g/mol. The summed E-state index contributed by atoms with van der Waals surface area (Å²) in [4.78, 5) is 29.3. The number of carbonyl (C=O) groups is 2. The summed E-state index contributed by atoms with van der Waals surface area (Å²) < 4.78 is 0. The highest BCUT2D eigenvalue weighted by Gasteiger charge is 2.23. The highest BCUT2D eigenvalue weighted by molar-refractivity contribution is 7.99. The molecule has 0 radical (unpaired) electrons. The van der Waals surface area contributed by atoms with Crippen LogP contribution in [0.5, 0.6) is 0 Å². The lowest BCUT2D eigenvalue weighted by Crippen LogP contribution is -2.44. The fourth-order valence-electron chi connectivity index (χ4n) is 3.21. The Kier molecular flexibility index (Phi) is 8.02. The number of hydrogen-bond acceptors (Lipinski definition) is 7. The first-order valence-corrected chi connectivity index (χ1v) is 11.6. The minimum atomic E-state index is -0.179. The number of rotatable bonds is 8. The van der Waals surface area contributed by atoms with Gasteiger partial charge < -0.3 is 15.1 Å². The summed E-state index contributed by atoms with van der Waals surface area (Å²) in [6.07, 6.45) is 3.47.